The van der Waals surface area contributed by atoms with Crippen LogP contribution in [0.15, 0.2) is 0 Å². The fourth-order valence-corrected chi connectivity index (χ4v) is 8.94. The van der Waals surface area contributed by atoms with Gasteiger partial charge >= 0.3 is 5.97 Å². The molecule has 0 aromatic heterocycles. The van der Waals surface area contributed by atoms with Gasteiger partial charge in [-0.2, -0.15) is 0 Å². The van der Waals surface area contributed by atoms with Gasteiger partial charge in [0.05, 0.1) is 0 Å². The van der Waals surface area contributed by atoms with Crippen molar-refractivity contribution in [1.82, 2.24) is 4.90 Å². The summed E-state index contributed by atoms with van der Waals surface area (Å²) >= 11 is 0. The Morgan fingerprint density at radius 3 is 1.08 bits per heavy atom. The highest BCUT2D eigenvalue weighted by molar-refractivity contribution is 5.69. The van der Waals surface area contributed by atoms with Gasteiger partial charge < -0.3 is 9.64 Å². The maximum atomic E-state index is 12.8. The normalized spacial score (nSPS) is 13.8. The van der Waals surface area contributed by atoms with Crippen LogP contribution in [0.1, 0.15) is 272 Å². The minimum atomic E-state index is 0.0644. The number of unbranched alkanes of at least 4 members (excludes halogenated alkanes) is 20. The molecule has 1 fully saturated rings. The van der Waals surface area contributed by atoms with Gasteiger partial charge in [-0.3, -0.25) is 4.79 Å². The lowest BCUT2D eigenvalue weighted by molar-refractivity contribution is -0.150. The lowest BCUT2D eigenvalue weighted by atomic mass is 9.90. The minimum Gasteiger partial charge on any atom is -0.462 e. The van der Waals surface area contributed by atoms with Crippen LogP contribution in [-0.4, -0.2) is 36.6 Å². The van der Waals surface area contributed by atoms with E-state index in [0.717, 1.165) is 37.6 Å². The van der Waals surface area contributed by atoms with Gasteiger partial charge in [-0.05, 0) is 76.4 Å². The van der Waals surface area contributed by atoms with Crippen LogP contribution >= 0.6 is 0 Å². The molecule has 3 nitrogen and oxygen atoms in total. The molecule has 1 aliphatic rings. The lowest BCUT2D eigenvalue weighted by Crippen LogP contribution is -2.23. The van der Waals surface area contributed by atoms with Crippen molar-refractivity contribution in [2.75, 3.05) is 19.6 Å². The Kier molecular flexibility index (Phi) is 36.8. The molecule has 52 heavy (non-hydrogen) atoms. The smallest absolute Gasteiger partial charge is 0.306 e. The molecule has 0 bridgehead atoms. The standard InChI is InChI=1S/C49H97NO2/c1-5-9-23-34-46(35-24-10-6-2)38-27-19-15-13-17-21-29-40-48(52-49(51)42-33-45-50-43-31-32-44-50)41-30-22-18-14-16-20-28-39-47(36-25-11-7-3)37-26-12-8-4/h46-48H,5-45H2,1-4H3. The monoisotopic (exact) mass is 732 g/mol. The van der Waals surface area contributed by atoms with Crippen LogP contribution in [-0.2, 0) is 9.53 Å². The number of hydrogen-bond acceptors (Lipinski definition) is 3. The predicted octanol–water partition coefficient (Wildman–Crippen LogP) is 16.3. The number of rotatable bonds is 41. The number of likely N-dealkylation sites (tertiary alicyclic amines) is 1. The Morgan fingerprint density at radius 2 is 0.731 bits per heavy atom. The van der Waals surface area contributed by atoms with Crippen molar-refractivity contribution in [1.29, 1.82) is 0 Å². The van der Waals surface area contributed by atoms with Gasteiger partial charge in [0.2, 0.25) is 0 Å². The number of esters is 1. The summed E-state index contributed by atoms with van der Waals surface area (Å²) in [6, 6.07) is 0. The van der Waals surface area contributed by atoms with E-state index in [4.69, 9.17) is 4.74 Å². The molecule has 310 valence electrons. The van der Waals surface area contributed by atoms with E-state index in [1.165, 1.54) is 231 Å². The van der Waals surface area contributed by atoms with Crippen LogP contribution in [0, 0.1) is 11.8 Å². The fraction of sp³-hybridized carbons (Fsp3) is 0.980. The molecule has 0 amide bonds. The molecule has 1 saturated heterocycles. The van der Waals surface area contributed by atoms with Crippen LogP contribution in [0.3, 0.4) is 0 Å². The molecule has 1 rings (SSSR count). The van der Waals surface area contributed by atoms with E-state index >= 15 is 0 Å². The Labute approximate surface area is 328 Å². The van der Waals surface area contributed by atoms with Crippen molar-refractivity contribution >= 4 is 5.97 Å². The van der Waals surface area contributed by atoms with Crippen molar-refractivity contribution in [2.45, 2.75) is 278 Å². The van der Waals surface area contributed by atoms with Gasteiger partial charge in [-0.15, -0.1) is 0 Å². The zero-order chi connectivity index (χ0) is 37.6. The van der Waals surface area contributed by atoms with Crippen LogP contribution in [0.2, 0.25) is 0 Å². The first kappa shape index (κ1) is 49.4. The van der Waals surface area contributed by atoms with Gasteiger partial charge in [0.1, 0.15) is 6.10 Å². The third-order valence-electron chi connectivity index (χ3n) is 12.5. The molecular formula is C49H97NO2. The van der Waals surface area contributed by atoms with E-state index in [1.54, 1.807) is 0 Å². The third kappa shape index (κ3) is 31.7. The van der Waals surface area contributed by atoms with Crippen LogP contribution < -0.4 is 0 Å². The van der Waals surface area contributed by atoms with E-state index in [2.05, 4.69) is 32.6 Å². The molecule has 0 atom stereocenters. The Morgan fingerprint density at radius 1 is 0.423 bits per heavy atom. The highest BCUT2D eigenvalue weighted by atomic mass is 16.5. The largest absolute Gasteiger partial charge is 0.462 e. The van der Waals surface area contributed by atoms with Gasteiger partial charge in [0, 0.05) is 6.42 Å². The lowest BCUT2D eigenvalue weighted by Gasteiger charge is -2.19. The average Bonchev–Trinajstić information content (AvgIpc) is 3.66. The van der Waals surface area contributed by atoms with E-state index in [-0.39, 0.29) is 12.1 Å². The van der Waals surface area contributed by atoms with E-state index < -0.39 is 0 Å². The summed E-state index contributed by atoms with van der Waals surface area (Å²) in [4.78, 5) is 15.4. The van der Waals surface area contributed by atoms with Crippen molar-refractivity contribution in [3.8, 4) is 0 Å². The molecule has 3 heteroatoms. The van der Waals surface area contributed by atoms with Crippen molar-refractivity contribution < 1.29 is 9.53 Å². The van der Waals surface area contributed by atoms with Crippen LogP contribution in [0.4, 0.5) is 0 Å². The van der Waals surface area contributed by atoms with Gasteiger partial charge in [0.25, 0.3) is 0 Å². The third-order valence-corrected chi connectivity index (χ3v) is 12.5. The molecule has 0 spiro atoms. The molecule has 0 unspecified atom stereocenters. The molecule has 1 aliphatic heterocycles. The highest BCUT2D eigenvalue weighted by Gasteiger charge is 2.16. The quantitative estimate of drug-likeness (QED) is 0.0463. The van der Waals surface area contributed by atoms with Gasteiger partial charge in [-0.25, -0.2) is 0 Å². The molecule has 0 N–H and O–H groups in total. The Balaban J connectivity index is 2.27. The molecule has 0 aromatic rings. The summed E-state index contributed by atoms with van der Waals surface area (Å²) in [5, 5.41) is 0. The fourth-order valence-electron chi connectivity index (χ4n) is 8.94. The zero-order valence-electron chi connectivity index (χ0n) is 36.5. The number of carbonyl (C=O) groups excluding carboxylic acids is 1. The zero-order valence-corrected chi connectivity index (χ0v) is 36.5. The summed E-state index contributed by atoms with van der Waals surface area (Å²) in [7, 11) is 0. The molecular weight excluding hydrogens is 635 g/mol. The summed E-state index contributed by atoms with van der Waals surface area (Å²) in [6.45, 7) is 12.8. The number of hydrogen-bond donors (Lipinski definition) is 0. The van der Waals surface area contributed by atoms with Gasteiger partial charge in [-0.1, -0.05) is 220 Å². The molecule has 0 aliphatic carbocycles. The van der Waals surface area contributed by atoms with Crippen molar-refractivity contribution in [2.24, 2.45) is 11.8 Å². The first-order valence-corrected chi connectivity index (χ1v) is 24.5. The minimum absolute atomic E-state index is 0.0644. The second-order valence-corrected chi connectivity index (χ2v) is 17.6. The van der Waals surface area contributed by atoms with Gasteiger partial charge in [0.15, 0.2) is 0 Å². The van der Waals surface area contributed by atoms with E-state index in [9.17, 15) is 4.79 Å². The van der Waals surface area contributed by atoms with Crippen LogP contribution in [0.5, 0.6) is 0 Å². The second kappa shape index (κ2) is 38.7. The summed E-state index contributed by atoms with van der Waals surface area (Å²) < 4.78 is 6.16. The Hall–Kier alpha value is -0.570. The second-order valence-electron chi connectivity index (χ2n) is 17.6. The molecule has 1 heterocycles. The van der Waals surface area contributed by atoms with Crippen molar-refractivity contribution in [3.63, 3.8) is 0 Å². The number of carbonyl (C=O) groups is 1. The average molecular weight is 732 g/mol. The summed E-state index contributed by atoms with van der Waals surface area (Å²) in [5.41, 5.74) is 0. The summed E-state index contributed by atoms with van der Waals surface area (Å²) in [6.07, 6.45) is 51.3. The first-order chi connectivity index (χ1) is 25.6. The molecule has 0 radical (unpaired) electrons. The number of ether oxygens (including phenoxy) is 1. The van der Waals surface area contributed by atoms with E-state index in [1.807, 2.05) is 0 Å². The first-order valence-electron chi connectivity index (χ1n) is 24.5. The van der Waals surface area contributed by atoms with E-state index in [0.29, 0.717) is 6.42 Å². The molecule has 0 saturated carbocycles. The predicted molar refractivity (Wildman–Crippen MR) is 231 cm³/mol. The van der Waals surface area contributed by atoms with Crippen LogP contribution in [0.25, 0.3) is 0 Å². The van der Waals surface area contributed by atoms with Crippen molar-refractivity contribution in [3.05, 3.63) is 0 Å². The molecule has 0 aromatic carbocycles. The SMILES string of the molecule is CCCCCC(CCCCC)CCCCCCCCCC(CCCCCCCCCC(CCCCC)CCCCC)OC(=O)CCCN1CCCC1. The number of nitrogens with zero attached hydrogens (tertiary/aromatic N) is 1. The topological polar surface area (TPSA) is 29.5 Å². The Bertz CT molecular complexity index is 656. The highest BCUT2D eigenvalue weighted by Crippen LogP contribution is 2.26. The maximum absolute atomic E-state index is 12.8. The summed E-state index contributed by atoms with van der Waals surface area (Å²) in [5.74, 6) is 2.04. The maximum Gasteiger partial charge on any atom is 0.306 e.